The van der Waals surface area contributed by atoms with E-state index in [9.17, 15) is 0 Å². The molecule has 0 saturated carbocycles. The van der Waals surface area contributed by atoms with Gasteiger partial charge in [-0.25, -0.2) is 0 Å². The molecule has 1 aromatic rings. The van der Waals surface area contributed by atoms with Crippen molar-refractivity contribution >= 4 is 0 Å². The lowest BCUT2D eigenvalue weighted by molar-refractivity contribution is 0.553. The average Bonchev–Trinajstić information content (AvgIpc) is 2.27. The first kappa shape index (κ1) is 12.2. The van der Waals surface area contributed by atoms with Crippen molar-refractivity contribution in [1.29, 1.82) is 0 Å². The number of rotatable bonds is 6. The van der Waals surface area contributed by atoms with Gasteiger partial charge in [-0.15, -0.1) is 0 Å². The molecule has 0 aliphatic heterocycles. The molecule has 0 heterocycles. The van der Waals surface area contributed by atoms with E-state index < -0.39 is 0 Å². The highest BCUT2D eigenvalue weighted by atomic mass is 14.9. The van der Waals surface area contributed by atoms with Crippen LogP contribution in [0.2, 0.25) is 0 Å². The van der Waals surface area contributed by atoms with Gasteiger partial charge in [0.25, 0.3) is 0 Å². The van der Waals surface area contributed by atoms with E-state index in [4.69, 9.17) is 5.73 Å². The van der Waals surface area contributed by atoms with Gasteiger partial charge in [0.1, 0.15) is 0 Å². The molecule has 0 radical (unpaired) electrons. The van der Waals surface area contributed by atoms with Crippen molar-refractivity contribution in [2.24, 2.45) is 5.73 Å². The lowest BCUT2D eigenvalue weighted by atomic mass is 10.0. The quantitative estimate of drug-likeness (QED) is 0.744. The number of nitrogens with one attached hydrogen (secondary N) is 1. The fourth-order valence-electron chi connectivity index (χ4n) is 1.67. The molecule has 2 nitrogen and oxygen atoms in total. The van der Waals surface area contributed by atoms with Gasteiger partial charge in [-0.2, -0.15) is 0 Å². The first-order valence-electron chi connectivity index (χ1n) is 5.77. The Labute approximate surface area is 92.9 Å². The molecule has 1 atom stereocenters. The summed E-state index contributed by atoms with van der Waals surface area (Å²) in [4.78, 5) is 0. The summed E-state index contributed by atoms with van der Waals surface area (Å²) in [7, 11) is 0. The van der Waals surface area contributed by atoms with Crippen LogP contribution in [0.3, 0.4) is 0 Å². The molecule has 0 spiro atoms. The molecule has 2 heteroatoms. The molecule has 0 fully saturated rings. The van der Waals surface area contributed by atoms with Crippen LogP contribution in [-0.2, 0) is 12.8 Å². The summed E-state index contributed by atoms with van der Waals surface area (Å²) in [5, 5.41) is 3.38. The highest BCUT2D eigenvalue weighted by Crippen LogP contribution is 2.07. The molecule has 0 saturated heterocycles. The van der Waals surface area contributed by atoms with Crippen molar-refractivity contribution in [1.82, 2.24) is 5.32 Å². The van der Waals surface area contributed by atoms with Crippen molar-refractivity contribution in [3.8, 4) is 0 Å². The van der Waals surface area contributed by atoms with Gasteiger partial charge in [0.05, 0.1) is 0 Å². The van der Waals surface area contributed by atoms with Crippen molar-refractivity contribution in [2.45, 2.75) is 32.7 Å². The highest BCUT2D eigenvalue weighted by molar-refractivity contribution is 5.23. The largest absolute Gasteiger partial charge is 0.329 e. The molecular weight excluding hydrogens is 184 g/mol. The molecule has 0 bridgehead atoms. The first-order chi connectivity index (χ1) is 7.26. The fourth-order valence-corrected chi connectivity index (χ4v) is 1.67. The minimum absolute atomic E-state index is 0.501. The summed E-state index contributed by atoms with van der Waals surface area (Å²) in [6.07, 6.45) is 2.19. The van der Waals surface area contributed by atoms with Crippen molar-refractivity contribution in [3.05, 3.63) is 35.4 Å². The van der Waals surface area contributed by atoms with Crippen LogP contribution in [0.1, 0.15) is 25.0 Å². The van der Waals surface area contributed by atoms with Crippen LogP contribution in [0.15, 0.2) is 24.3 Å². The van der Waals surface area contributed by atoms with E-state index in [-0.39, 0.29) is 0 Å². The Morgan fingerprint density at radius 2 is 1.80 bits per heavy atom. The Bertz CT molecular complexity index is 266. The Hall–Kier alpha value is -0.860. The number of aryl methyl sites for hydroxylation is 1. The van der Waals surface area contributed by atoms with E-state index in [1.807, 2.05) is 0 Å². The second-order valence-electron chi connectivity index (χ2n) is 4.02. The van der Waals surface area contributed by atoms with Crippen LogP contribution in [0.5, 0.6) is 0 Å². The summed E-state index contributed by atoms with van der Waals surface area (Å²) >= 11 is 0. The minimum atomic E-state index is 0.501. The van der Waals surface area contributed by atoms with Crippen LogP contribution in [0.25, 0.3) is 0 Å². The van der Waals surface area contributed by atoms with Gasteiger partial charge in [-0.1, -0.05) is 31.2 Å². The molecule has 84 valence electrons. The Kier molecular flexibility index (Phi) is 5.37. The van der Waals surface area contributed by atoms with Crippen molar-refractivity contribution in [3.63, 3.8) is 0 Å². The molecule has 0 aliphatic rings. The monoisotopic (exact) mass is 206 g/mol. The highest BCUT2D eigenvalue weighted by Gasteiger charge is 2.01. The SMILES string of the molecule is CCc1ccc(CC(C)NCCN)cc1. The maximum absolute atomic E-state index is 5.45. The maximum Gasteiger partial charge on any atom is 0.00796 e. The molecule has 0 aliphatic carbocycles. The molecule has 1 unspecified atom stereocenters. The van der Waals surface area contributed by atoms with E-state index in [1.165, 1.54) is 11.1 Å². The van der Waals surface area contributed by atoms with Gasteiger partial charge < -0.3 is 11.1 Å². The third kappa shape index (κ3) is 4.45. The third-order valence-corrected chi connectivity index (χ3v) is 2.61. The van der Waals surface area contributed by atoms with Crippen LogP contribution in [-0.4, -0.2) is 19.1 Å². The van der Waals surface area contributed by atoms with Crippen molar-refractivity contribution in [2.75, 3.05) is 13.1 Å². The number of benzene rings is 1. The third-order valence-electron chi connectivity index (χ3n) is 2.61. The molecular formula is C13H22N2. The Morgan fingerprint density at radius 1 is 1.20 bits per heavy atom. The number of nitrogens with two attached hydrogens (primary N) is 1. The molecule has 0 amide bonds. The summed E-state index contributed by atoms with van der Waals surface area (Å²) < 4.78 is 0. The van der Waals surface area contributed by atoms with Gasteiger partial charge in [0.15, 0.2) is 0 Å². The van der Waals surface area contributed by atoms with Crippen LogP contribution in [0, 0.1) is 0 Å². The zero-order valence-corrected chi connectivity index (χ0v) is 9.79. The standard InChI is InChI=1S/C13H22N2/c1-3-12-4-6-13(7-5-12)10-11(2)15-9-8-14/h4-7,11,15H,3,8-10,14H2,1-2H3. The minimum Gasteiger partial charge on any atom is -0.329 e. The second kappa shape index (κ2) is 6.59. The van der Waals surface area contributed by atoms with Crippen LogP contribution >= 0.6 is 0 Å². The molecule has 1 aromatic carbocycles. The second-order valence-corrected chi connectivity index (χ2v) is 4.02. The predicted octanol–water partition coefficient (Wildman–Crippen LogP) is 1.73. The number of hydrogen-bond donors (Lipinski definition) is 2. The fraction of sp³-hybridized carbons (Fsp3) is 0.538. The van der Waals surface area contributed by atoms with E-state index in [2.05, 4.69) is 43.4 Å². The lowest BCUT2D eigenvalue weighted by Gasteiger charge is -2.13. The summed E-state index contributed by atoms with van der Waals surface area (Å²) in [5.41, 5.74) is 8.24. The smallest absolute Gasteiger partial charge is 0.00796 e. The van der Waals surface area contributed by atoms with E-state index in [1.54, 1.807) is 0 Å². The number of hydrogen-bond acceptors (Lipinski definition) is 2. The van der Waals surface area contributed by atoms with Crippen LogP contribution in [0.4, 0.5) is 0 Å². The van der Waals surface area contributed by atoms with E-state index in [0.29, 0.717) is 12.6 Å². The predicted molar refractivity (Wildman–Crippen MR) is 66.0 cm³/mol. The van der Waals surface area contributed by atoms with Gasteiger partial charge >= 0.3 is 0 Å². The Balaban J connectivity index is 2.42. The van der Waals surface area contributed by atoms with E-state index >= 15 is 0 Å². The van der Waals surface area contributed by atoms with Gasteiger partial charge in [-0.05, 0) is 30.9 Å². The molecule has 1 rings (SSSR count). The van der Waals surface area contributed by atoms with Gasteiger partial charge in [-0.3, -0.25) is 0 Å². The van der Waals surface area contributed by atoms with Crippen molar-refractivity contribution < 1.29 is 0 Å². The van der Waals surface area contributed by atoms with Gasteiger partial charge in [0.2, 0.25) is 0 Å². The topological polar surface area (TPSA) is 38.0 Å². The summed E-state index contributed by atoms with van der Waals surface area (Å²) in [6, 6.07) is 9.37. The zero-order chi connectivity index (χ0) is 11.1. The first-order valence-corrected chi connectivity index (χ1v) is 5.77. The zero-order valence-electron chi connectivity index (χ0n) is 9.79. The molecule has 15 heavy (non-hydrogen) atoms. The molecule has 0 aromatic heterocycles. The summed E-state index contributed by atoms with van der Waals surface area (Å²) in [6.45, 7) is 5.98. The normalized spacial score (nSPS) is 12.7. The Morgan fingerprint density at radius 3 is 2.33 bits per heavy atom. The average molecular weight is 206 g/mol. The maximum atomic E-state index is 5.45. The molecule has 3 N–H and O–H groups in total. The van der Waals surface area contributed by atoms with E-state index in [0.717, 1.165) is 19.4 Å². The van der Waals surface area contributed by atoms with Crippen LogP contribution < -0.4 is 11.1 Å². The summed E-state index contributed by atoms with van der Waals surface area (Å²) in [5.74, 6) is 0. The van der Waals surface area contributed by atoms with Gasteiger partial charge in [0, 0.05) is 19.1 Å². The lowest BCUT2D eigenvalue weighted by Crippen LogP contribution is -2.32.